The molecular formula is C24H18N4O2S. The largest absolute Gasteiger partial charge is 0.325 e. The third-order valence-corrected chi connectivity index (χ3v) is 6.06. The first-order chi connectivity index (χ1) is 15.1. The molecule has 5 aromatic rings. The molecule has 152 valence electrons. The van der Waals surface area contributed by atoms with Crippen molar-refractivity contribution in [2.45, 2.75) is 13.5 Å². The third-order valence-electron chi connectivity index (χ3n) is 5.00. The molecule has 0 fully saturated rings. The van der Waals surface area contributed by atoms with Crippen LogP contribution in [0.2, 0.25) is 0 Å². The van der Waals surface area contributed by atoms with Gasteiger partial charge in [0.05, 0.1) is 11.8 Å². The van der Waals surface area contributed by atoms with Crippen molar-refractivity contribution in [3.63, 3.8) is 0 Å². The fourth-order valence-corrected chi connectivity index (χ4v) is 4.77. The maximum Gasteiger partial charge on any atom is 0.271 e. The van der Waals surface area contributed by atoms with Crippen molar-refractivity contribution in [1.29, 1.82) is 0 Å². The van der Waals surface area contributed by atoms with Crippen molar-refractivity contribution in [3.05, 3.63) is 89.1 Å². The van der Waals surface area contributed by atoms with E-state index in [4.69, 9.17) is 0 Å². The van der Waals surface area contributed by atoms with Gasteiger partial charge in [-0.15, -0.1) is 11.3 Å². The zero-order valence-corrected chi connectivity index (χ0v) is 17.5. The van der Waals surface area contributed by atoms with Crippen LogP contribution in [-0.2, 0) is 11.3 Å². The Kier molecular flexibility index (Phi) is 4.80. The topological polar surface area (TPSA) is 76.9 Å². The molecule has 1 amide bonds. The number of anilines is 1. The Balaban J connectivity index is 1.59. The minimum atomic E-state index is -0.283. The number of amides is 1. The summed E-state index contributed by atoms with van der Waals surface area (Å²) in [5.41, 5.74) is 3.99. The highest BCUT2D eigenvalue weighted by Gasteiger charge is 2.18. The van der Waals surface area contributed by atoms with E-state index in [9.17, 15) is 9.59 Å². The Hall–Kier alpha value is -3.84. The Morgan fingerprint density at radius 1 is 1.06 bits per heavy atom. The van der Waals surface area contributed by atoms with Gasteiger partial charge in [-0.2, -0.15) is 0 Å². The second-order valence-corrected chi connectivity index (χ2v) is 8.23. The Bertz CT molecular complexity index is 1470. The number of benzene rings is 2. The molecule has 1 N–H and O–H groups in total. The van der Waals surface area contributed by atoms with Gasteiger partial charge in [-0.1, -0.05) is 48.5 Å². The van der Waals surface area contributed by atoms with Crippen LogP contribution in [-0.4, -0.2) is 20.4 Å². The van der Waals surface area contributed by atoms with E-state index in [-0.39, 0.29) is 18.0 Å². The molecule has 0 saturated heterocycles. The summed E-state index contributed by atoms with van der Waals surface area (Å²) in [4.78, 5) is 35.5. The molecule has 0 bridgehead atoms. The molecule has 0 unspecified atom stereocenters. The average molecular weight is 427 g/mol. The van der Waals surface area contributed by atoms with Crippen molar-refractivity contribution in [2.75, 3.05) is 5.32 Å². The van der Waals surface area contributed by atoms with Crippen LogP contribution < -0.4 is 10.9 Å². The summed E-state index contributed by atoms with van der Waals surface area (Å²) in [6.45, 7) is 1.83. The highest BCUT2D eigenvalue weighted by molar-refractivity contribution is 7.25. The van der Waals surface area contributed by atoms with Crippen LogP contribution in [0.1, 0.15) is 5.69 Å². The summed E-state index contributed by atoms with van der Waals surface area (Å²) in [6.07, 6.45) is 1.44. The summed E-state index contributed by atoms with van der Waals surface area (Å²) >= 11 is 1.32. The van der Waals surface area contributed by atoms with Crippen molar-refractivity contribution in [2.24, 2.45) is 0 Å². The highest BCUT2D eigenvalue weighted by Crippen LogP contribution is 2.37. The van der Waals surface area contributed by atoms with Gasteiger partial charge >= 0.3 is 0 Å². The molecule has 7 heteroatoms. The van der Waals surface area contributed by atoms with Gasteiger partial charge in [0.25, 0.3) is 5.56 Å². The molecule has 5 rings (SSSR count). The van der Waals surface area contributed by atoms with Crippen LogP contribution in [0.3, 0.4) is 0 Å². The van der Waals surface area contributed by atoms with Crippen LogP contribution in [0.4, 0.5) is 5.69 Å². The summed E-state index contributed by atoms with van der Waals surface area (Å²) < 4.78 is 1.84. The predicted octanol–water partition coefficient (Wildman–Crippen LogP) is 4.62. The van der Waals surface area contributed by atoms with Gasteiger partial charge in [-0.25, -0.2) is 9.97 Å². The second-order valence-electron chi connectivity index (χ2n) is 7.23. The number of nitrogens with one attached hydrogen (secondary N) is 1. The first kappa shape index (κ1) is 19.1. The molecule has 0 radical (unpaired) electrons. The SMILES string of the molecule is Cc1cc(-c2ccccc2)c2c(n1)sc1c(=O)n(CC(=O)Nc3ccccc3)cnc12. The molecule has 2 aromatic carbocycles. The number of thiophene rings is 1. The molecule has 0 saturated carbocycles. The zero-order valence-electron chi connectivity index (χ0n) is 16.7. The van der Waals surface area contributed by atoms with Crippen LogP contribution >= 0.6 is 11.3 Å². The first-order valence-corrected chi connectivity index (χ1v) is 10.6. The van der Waals surface area contributed by atoms with Gasteiger partial charge in [0.15, 0.2) is 0 Å². The Morgan fingerprint density at radius 3 is 2.52 bits per heavy atom. The smallest absolute Gasteiger partial charge is 0.271 e. The number of para-hydroxylation sites is 1. The average Bonchev–Trinajstić information content (AvgIpc) is 3.15. The number of hydrogen-bond acceptors (Lipinski definition) is 5. The van der Waals surface area contributed by atoms with Gasteiger partial charge < -0.3 is 5.32 Å². The number of aromatic nitrogens is 3. The van der Waals surface area contributed by atoms with E-state index in [0.29, 0.717) is 15.9 Å². The number of carbonyl (C=O) groups excluding carboxylic acids is 1. The molecule has 3 aromatic heterocycles. The first-order valence-electron chi connectivity index (χ1n) is 9.80. The molecule has 0 spiro atoms. The third kappa shape index (κ3) is 3.60. The van der Waals surface area contributed by atoms with Crippen LogP contribution in [0.15, 0.2) is 77.9 Å². The monoisotopic (exact) mass is 426 g/mol. The molecule has 3 heterocycles. The maximum atomic E-state index is 13.1. The van der Waals surface area contributed by atoms with Crippen LogP contribution in [0, 0.1) is 6.92 Å². The lowest BCUT2D eigenvalue weighted by Crippen LogP contribution is -2.27. The molecule has 0 aliphatic rings. The highest BCUT2D eigenvalue weighted by atomic mass is 32.1. The van der Waals surface area contributed by atoms with Crippen molar-refractivity contribution < 1.29 is 4.79 Å². The van der Waals surface area contributed by atoms with Crippen molar-refractivity contribution >= 4 is 43.4 Å². The summed E-state index contributed by atoms with van der Waals surface area (Å²) in [5.74, 6) is -0.283. The predicted molar refractivity (Wildman–Crippen MR) is 124 cm³/mol. The Morgan fingerprint density at radius 2 is 1.77 bits per heavy atom. The fraction of sp³-hybridized carbons (Fsp3) is 0.0833. The van der Waals surface area contributed by atoms with Gasteiger partial charge in [-0.3, -0.25) is 14.2 Å². The van der Waals surface area contributed by atoms with E-state index in [2.05, 4.69) is 15.3 Å². The number of fused-ring (bicyclic) bond motifs is 3. The lowest BCUT2D eigenvalue weighted by Gasteiger charge is -2.07. The molecule has 0 aliphatic heterocycles. The standard InChI is InChI=1S/C24H18N4O2S/c1-15-12-18(16-8-4-2-5-9-16)20-21-22(31-23(20)26-15)24(30)28(14-25-21)13-19(29)27-17-10-6-3-7-11-17/h2-12,14H,13H2,1H3,(H,27,29). The second kappa shape index (κ2) is 7.77. The minimum absolute atomic E-state index is 0.108. The molecular weight excluding hydrogens is 408 g/mol. The van der Waals surface area contributed by atoms with Gasteiger partial charge in [0, 0.05) is 16.8 Å². The number of pyridine rings is 1. The van der Waals surface area contributed by atoms with Crippen molar-refractivity contribution in [3.8, 4) is 11.1 Å². The number of carbonyl (C=O) groups is 1. The van der Waals surface area contributed by atoms with E-state index in [0.717, 1.165) is 27.0 Å². The van der Waals surface area contributed by atoms with E-state index in [1.54, 1.807) is 12.1 Å². The Labute approximate surface area is 181 Å². The number of nitrogens with zero attached hydrogens (tertiary/aromatic N) is 3. The van der Waals surface area contributed by atoms with Crippen molar-refractivity contribution in [1.82, 2.24) is 14.5 Å². The zero-order chi connectivity index (χ0) is 21.4. The molecule has 0 aliphatic carbocycles. The molecule has 0 atom stereocenters. The lowest BCUT2D eigenvalue weighted by molar-refractivity contribution is -0.116. The minimum Gasteiger partial charge on any atom is -0.325 e. The normalized spacial score (nSPS) is 11.1. The van der Waals surface area contributed by atoms with E-state index in [1.165, 1.54) is 22.2 Å². The van der Waals surface area contributed by atoms with Gasteiger partial charge in [0.1, 0.15) is 16.1 Å². The van der Waals surface area contributed by atoms with E-state index in [1.807, 2.05) is 61.5 Å². The van der Waals surface area contributed by atoms with Crippen LogP contribution in [0.25, 0.3) is 31.6 Å². The van der Waals surface area contributed by atoms with Gasteiger partial charge in [-0.05, 0) is 36.2 Å². The van der Waals surface area contributed by atoms with E-state index >= 15 is 0 Å². The number of rotatable bonds is 4. The van der Waals surface area contributed by atoms with Gasteiger partial charge in [0.2, 0.25) is 5.91 Å². The lowest BCUT2D eigenvalue weighted by atomic mass is 10.0. The van der Waals surface area contributed by atoms with Crippen LogP contribution in [0.5, 0.6) is 0 Å². The number of aryl methyl sites for hydroxylation is 1. The number of hydrogen-bond donors (Lipinski definition) is 1. The quantitative estimate of drug-likeness (QED) is 0.455. The maximum absolute atomic E-state index is 13.1. The summed E-state index contributed by atoms with van der Waals surface area (Å²) in [7, 11) is 0. The summed E-state index contributed by atoms with van der Waals surface area (Å²) in [6, 6.07) is 21.2. The summed E-state index contributed by atoms with van der Waals surface area (Å²) in [5, 5.41) is 3.67. The fourth-order valence-electron chi connectivity index (χ4n) is 3.62. The molecule has 31 heavy (non-hydrogen) atoms. The van der Waals surface area contributed by atoms with E-state index < -0.39 is 0 Å². The molecule has 6 nitrogen and oxygen atoms in total.